The van der Waals surface area contributed by atoms with Gasteiger partial charge in [-0.25, -0.2) is 4.79 Å². The standard InChI is InChI=1S/C8H8Br2O3/c1-2-3-4-5(9)6(7(10)11)13-8(4)12/h6H,2-3H2,1H3. The molecule has 0 radical (unpaired) electrons. The van der Waals surface area contributed by atoms with E-state index < -0.39 is 12.1 Å². The van der Waals surface area contributed by atoms with Crippen LogP contribution in [0.1, 0.15) is 19.8 Å². The molecule has 0 amide bonds. The Morgan fingerprint density at radius 2 is 2.23 bits per heavy atom. The number of hydrogen-bond acceptors (Lipinski definition) is 3. The lowest BCUT2D eigenvalue weighted by Crippen LogP contribution is -2.16. The lowest BCUT2D eigenvalue weighted by Gasteiger charge is -2.02. The summed E-state index contributed by atoms with van der Waals surface area (Å²) in [6.45, 7) is 1.96. The van der Waals surface area contributed by atoms with E-state index in [1.165, 1.54) is 0 Å². The van der Waals surface area contributed by atoms with Crippen molar-refractivity contribution in [3.63, 3.8) is 0 Å². The molecule has 1 aliphatic heterocycles. The van der Waals surface area contributed by atoms with Gasteiger partial charge >= 0.3 is 5.97 Å². The van der Waals surface area contributed by atoms with Crippen LogP contribution >= 0.6 is 31.9 Å². The number of hydrogen-bond donors (Lipinski definition) is 0. The number of halogens is 2. The fourth-order valence-corrected chi connectivity index (χ4v) is 2.39. The average Bonchev–Trinajstić information content (AvgIpc) is 2.32. The SMILES string of the molecule is CCCC1=C(Br)C(C(=O)Br)OC1=O. The summed E-state index contributed by atoms with van der Waals surface area (Å²) in [5.41, 5.74) is 0.570. The average molecular weight is 312 g/mol. The van der Waals surface area contributed by atoms with Crippen molar-refractivity contribution in [2.75, 3.05) is 0 Å². The molecule has 1 rings (SSSR count). The molecule has 0 saturated heterocycles. The molecule has 5 heteroatoms. The molecule has 0 aromatic carbocycles. The van der Waals surface area contributed by atoms with Gasteiger partial charge in [-0.3, -0.25) is 4.79 Å². The summed E-state index contributed by atoms with van der Waals surface area (Å²) in [7, 11) is 0. The van der Waals surface area contributed by atoms with Crippen LogP contribution in [0.4, 0.5) is 0 Å². The van der Waals surface area contributed by atoms with E-state index >= 15 is 0 Å². The summed E-state index contributed by atoms with van der Waals surface area (Å²) in [5, 5.41) is 0. The highest BCUT2D eigenvalue weighted by Crippen LogP contribution is 2.31. The van der Waals surface area contributed by atoms with Crippen LogP contribution in [0.2, 0.25) is 0 Å². The van der Waals surface area contributed by atoms with Crippen LogP contribution in [0.15, 0.2) is 10.1 Å². The number of rotatable bonds is 3. The van der Waals surface area contributed by atoms with Crippen LogP contribution in [0.3, 0.4) is 0 Å². The van der Waals surface area contributed by atoms with Gasteiger partial charge in [-0.15, -0.1) is 0 Å². The molecule has 1 heterocycles. The third-order valence-corrected chi connectivity index (χ3v) is 3.01. The summed E-state index contributed by atoms with van der Waals surface area (Å²) < 4.78 is 5.07. The van der Waals surface area contributed by atoms with Crippen molar-refractivity contribution in [1.82, 2.24) is 0 Å². The van der Waals surface area contributed by atoms with Crippen LogP contribution in [-0.2, 0) is 14.3 Å². The Kier molecular flexibility index (Phi) is 3.67. The molecular formula is C8H8Br2O3. The van der Waals surface area contributed by atoms with E-state index in [4.69, 9.17) is 4.74 Å². The fourth-order valence-electron chi connectivity index (χ4n) is 1.10. The minimum Gasteiger partial charge on any atom is -0.444 e. The highest BCUT2D eigenvalue weighted by Gasteiger charge is 2.35. The Balaban J connectivity index is 2.89. The highest BCUT2D eigenvalue weighted by molar-refractivity contribution is 9.18. The van der Waals surface area contributed by atoms with Gasteiger partial charge in [-0.2, -0.15) is 0 Å². The summed E-state index contributed by atoms with van der Waals surface area (Å²) in [6, 6.07) is 0. The quantitative estimate of drug-likeness (QED) is 0.593. The van der Waals surface area contributed by atoms with Gasteiger partial charge in [0.1, 0.15) is 0 Å². The molecule has 0 spiro atoms. The fraction of sp³-hybridized carbons (Fsp3) is 0.500. The van der Waals surface area contributed by atoms with Crippen molar-refractivity contribution < 1.29 is 14.3 Å². The predicted molar refractivity (Wildman–Crippen MR) is 54.7 cm³/mol. The molecule has 13 heavy (non-hydrogen) atoms. The molecule has 72 valence electrons. The van der Waals surface area contributed by atoms with Crippen molar-refractivity contribution in [1.29, 1.82) is 0 Å². The minimum absolute atomic E-state index is 0.334. The number of ether oxygens (including phenoxy) is 1. The molecule has 3 nitrogen and oxygen atoms in total. The Hall–Kier alpha value is -0.160. The number of esters is 1. The minimum atomic E-state index is -0.783. The van der Waals surface area contributed by atoms with Crippen LogP contribution < -0.4 is 0 Å². The summed E-state index contributed by atoms with van der Waals surface area (Å²) in [6.07, 6.45) is 0.702. The van der Waals surface area contributed by atoms with Gasteiger partial charge < -0.3 is 4.74 Å². The van der Waals surface area contributed by atoms with E-state index in [1.807, 2.05) is 6.92 Å². The molecule has 1 aliphatic rings. The summed E-state index contributed by atoms with van der Waals surface area (Å²) >= 11 is 5.96. The van der Waals surface area contributed by atoms with Crippen molar-refractivity contribution in [3.05, 3.63) is 10.1 Å². The van der Waals surface area contributed by atoms with Gasteiger partial charge in [0.25, 0.3) is 0 Å². The van der Waals surface area contributed by atoms with Crippen molar-refractivity contribution in [2.24, 2.45) is 0 Å². The lowest BCUT2D eigenvalue weighted by molar-refractivity contribution is -0.143. The maximum Gasteiger partial charge on any atom is 0.336 e. The summed E-state index contributed by atoms with van der Waals surface area (Å²) in [4.78, 5) is 22.1. The lowest BCUT2D eigenvalue weighted by atomic mass is 10.1. The second kappa shape index (κ2) is 4.37. The normalized spacial score (nSPS) is 22.1. The summed E-state index contributed by atoms with van der Waals surface area (Å²) in [5.74, 6) is -0.397. The first kappa shape index (κ1) is 10.9. The van der Waals surface area contributed by atoms with E-state index in [0.717, 1.165) is 6.42 Å². The zero-order chi connectivity index (χ0) is 10.0. The molecule has 0 aromatic heterocycles. The molecule has 0 bridgehead atoms. The Labute approximate surface area is 92.8 Å². The molecule has 1 unspecified atom stereocenters. The van der Waals surface area contributed by atoms with E-state index in [-0.39, 0.29) is 4.69 Å². The van der Waals surface area contributed by atoms with Crippen LogP contribution in [0, 0.1) is 0 Å². The second-order valence-electron chi connectivity index (χ2n) is 2.67. The maximum absolute atomic E-state index is 11.2. The molecular weight excluding hydrogens is 304 g/mol. The Morgan fingerprint density at radius 1 is 1.62 bits per heavy atom. The molecule has 0 N–H and O–H groups in total. The van der Waals surface area contributed by atoms with Crippen molar-refractivity contribution >= 4 is 42.5 Å². The first-order valence-electron chi connectivity index (χ1n) is 3.86. The number of cyclic esters (lactones) is 1. The molecule has 0 aliphatic carbocycles. The molecule has 0 aromatic rings. The highest BCUT2D eigenvalue weighted by atomic mass is 79.9. The Morgan fingerprint density at radius 3 is 2.62 bits per heavy atom. The van der Waals surface area contributed by atoms with Gasteiger partial charge in [0.15, 0.2) is 0 Å². The van der Waals surface area contributed by atoms with Gasteiger partial charge in [0.2, 0.25) is 10.8 Å². The first-order chi connectivity index (χ1) is 6.07. The van der Waals surface area contributed by atoms with E-state index in [0.29, 0.717) is 16.5 Å². The van der Waals surface area contributed by atoms with Crippen molar-refractivity contribution in [3.8, 4) is 0 Å². The topological polar surface area (TPSA) is 43.4 Å². The number of carbonyl (C=O) groups is 2. The first-order valence-corrected chi connectivity index (χ1v) is 5.45. The Bertz CT molecular complexity index is 283. The molecule has 1 atom stereocenters. The maximum atomic E-state index is 11.2. The van der Waals surface area contributed by atoms with Gasteiger partial charge in [0, 0.05) is 0 Å². The molecule has 0 saturated carbocycles. The smallest absolute Gasteiger partial charge is 0.336 e. The van der Waals surface area contributed by atoms with Crippen LogP contribution in [0.5, 0.6) is 0 Å². The predicted octanol–water partition coefficient (Wildman–Crippen LogP) is 2.28. The number of carbonyl (C=O) groups excluding carboxylic acids is 2. The van der Waals surface area contributed by atoms with E-state index in [2.05, 4.69) is 31.9 Å². The zero-order valence-electron chi connectivity index (χ0n) is 6.97. The molecule has 0 fully saturated rings. The van der Waals surface area contributed by atoms with Gasteiger partial charge in [-0.1, -0.05) is 29.3 Å². The van der Waals surface area contributed by atoms with Crippen molar-refractivity contribution in [2.45, 2.75) is 25.9 Å². The zero-order valence-corrected chi connectivity index (χ0v) is 10.1. The monoisotopic (exact) mass is 310 g/mol. The largest absolute Gasteiger partial charge is 0.444 e. The van der Waals surface area contributed by atoms with E-state index in [1.54, 1.807) is 0 Å². The van der Waals surface area contributed by atoms with E-state index in [9.17, 15) is 9.59 Å². The third-order valence-electron chi connectivity index (χ3n) is 1.70. The van der Waals surface area contributed by atoms with Gasteiger partial charge in [-0.05, 0) is 22.4 Å². The second-order valence-corrected chi connectivity index (χ2v) is 4.30. The van der Waals surface area contributed by atoms with Crippen LogP contribution in [0.25, 0.3) is 0 Å². The van der Waals surface area contributed by atoms with Gasteiger partial charge in [0.05, 0.1) is 10.1 Å². The third kappa shape index (κ3) is 2.20. The van der Waals surface area contributed by atoms with Crippen LogP contribution in [-0.4, -0.2) is 16.8 Å².